The standard InChI is InChI=1S/C21H31NOSi/c1-5-16-22-17-18-23-24(21(2,3)4,19-12-8-6-9-13-19)20-14-10-7-11-15-20/h6-15,22H,5,16-18H2,1-4H3. The molecule has 2 rings (SSSR count). The van der Waals surface area contributed by atoms with E-state index in [0.29, 0.717) is 0 Å². The van der Waals surface area contributed by atoms with Gasteiger partial charge in [0.05, 0.1) is 0 Å². The second-order valence-electron chi connectivity index (χ2n) is 7.26. The summed E-state index contributed by atoms with van der Waals surface area (Å²) in [5.41, 5.74) is 0. The molecule has 0 heterocycles. The van der Waals surface area contributed by atoms with Gasteiger partial charge in [0.1, 0.15) is 0 Å². The van der Waals surface area contributed by atoms with Crippen LogP contribution in [0.15, 0.2) is 60.7 Å². The molecule has 0 amide bonds. The van der Waals surface area contributed by atoms with E-state index in [0.717, 1.165) is 26.1 Å². The van der Waals surface area contributed by atoms with E-state index in [1.807, 2.05) is 0 Å². The highest BCUT2D eigenvalue weighted by Crippen LogP contribution is 2.36. The molecular formula is C21H31NOSi. The summed E-state index contributed by atoms with van der Waals surface area (Å²) in [5, 5.41) is 6.21. The predicted molar refractivity (Wildman–Crippen MR) is 107 cm³/mol. The average molecular weight is 342 g/mol. The molecule has 24 heavy (non-hydrogen) atoms. The average Bonchev–Trinajstić information content (AvgIpc) is 2.59. The van der Waals surface area contributed by atoms with Crippen molar-refractivity contribution in [3.8, 4) is 0 Å². The third kappa shape index (κ3) is 4.15. The molecule has 2 aromatic carbocycles. The molecular weight excluding hydrogens is 310 g/mol. The van der Waals surface area contributed by atoms with Crippen molar-refractivity contribution in [2.24, 2.45) is 0 Å². The summed E-state index contributed by atoms with van der Waals surface area (Å²) in [4.78, 5) is 0. The van der Waals surface area contributed by atoms with E-state index in [9.17, 15) is 0 Å². The van der Waals surface area contributed by atoms with Gasteiger partial charge in [0.15, 0.2) is 0 Å². The van der Waals surface area contributed by atoms with Crippen molar-refractivity contribution >= 4 is 18.7 Å². The van der Waals surface area contributed by atoms with Crippen LogP contribution in [0, 0.1) is 0 Å². The van der Waals surface area contributed by atoms with Crippen LogP contribution in [-0.4, -0.2) is 28.0 Å². The summed E-state index contributed by atoms with van der Waals surface area (Å²) in [6.07, 6.45) is 1.15. The Morgan fingerprint density at radius 1 is 0.833 bits per heavy atom. The van der Waals surface area contributed by atoms with Gasteiger partial charge in [0, 0.05) is 13.2 Å². The minimum absolute atomic E-state index is 0.0560. The van der Waals surface area contributed by atoms with E-state index in [1.54, 1.807) is 0 Å². The molecule has 0 aromatic heterocycles. The summed E-state index contributed by atoms with van der Waals surface area (Å²) >= 11 is 0. The van der Waals surface area contributed by atoms with E-state index in [4.69, 9.17) is 4.43 Å². The van der Waals surface area contributed by atoms with Gasteiger partial charge >= 0.3 is 0 Å². The molecule has 0 radical (unpaired) electrons. The topological polar surface area (TPSA) is 21.3 Å². The monoisotopic (exact) mass is 341 g/mol. The van der Waals surface area contributed by atoms with Crippen LogP contribution < -0.4 is 15.7 Å². The molecule has 0 spiro atoms. The molecule has 130 valence electrons. The number of rotatable bonds is 8. The molecule has 2 nitrogen and oxygen atoms in total. The Bertz CT molecular complexity index is 553. The largest absolute Gasteiger partial charge is 0.406 e. The van der Waals surface area contributed by atoms with Crippen molar-refractivity contribution in [2.75, 3.05) is 19.7 Å². The first-order valence-corrected chi connectivity index (χ1v) is 10.9. The Morgan fingerprint density at radius 2 is 1.33 bits per heavy atom. The Balaban J connectivity index is 2.42. The smallest absolute Gasteiger partial charge is 0.261 e. The van der Waals surface area contributed by atoms with Gasteiger partial charge in [0.2, 0.25) is 0 Å². The zero-order valence-electron chi connectivity index (χ0n) is 15.5. The first-order valence-electron chi connectivity index (χ1n) is 8.98. The lowest BCUT2D eigenvalue weighted by molar-refractivity contribution is 0.295. The molecule has 0 atom stereocenters. The van der Waals surface area contributed by atoms with E-state index >= 15 is 0 Å². The maximum atomic E-state index is 6.79. The predicted octanol–water partition coefficient (Wildman–Crippen LogP) is 3.56. The quantitative estimate of drug-likeness (QED) is 0.585. The molecule has 0 aliphatic carbocycles. The second-order valence-corrected chi connectivity index (χ2v) is 11.6. The van der Waals surface area contributed by atoms with Crippen molar-refractivity contribution in [2.45, 2.75) is 39.2 Å². The van der Waals surface area contributed by atoms with Gasteiger partial charge in [-0.25, -0.2) is 0 Å². The molecule has 0 saturated carbocycles. The Labute approximate surface area is 148 Å². The summed E-state index contributed by atoms with van der Waals surface area (Å²) in [6, 6.07) is 21.6. The fraction of sp³-hybridized carbons (Fsp3) is 0.429. The van der Waals surface area contributed by atoms with E-state index in [2.05, 4.69) is 93.7 Å². The molecule has 0 saturated heterocycles. The van der Waals surface area contributed by atoms with Crippen molar-refractivity contribution in [3.05, 3.63) is 60.7 Å². The fourth-order valence-electron chi connectivity index (χ4n) is 3.34. The van der Waals surface area contributed by atoms with Gasteiger partial charge in [-0.05, 0) is 28.4 Å². The zero-order chi connectivity index (χ0) is 17.5. The first-order chi connectivity index (χ1) is 11.5. The molecule has 3 heteroatoms. The Hall–Kier alpha value is -1.42. The van der Waals surface area contributed by atoms with Gasteiger partial charge in [0.25, 0.3) is 8.32 Å². The highest BCUT2D eigenvalue weighted by Gasteiger charge is 2.49. The minimum Gasteiger partial charge on any atom is -0.406 e. The molecule has 0 aliphatic heterocycles. The Morgan fingerprint density at radius 3 is 1.75 bits per heavy atom. The van der Waals surface area contributed by atoms with Crippen LogP contribution in [0.1, 0.15) is 34.1 Å². The lowest BCUT2D eigenvalue weighted by Gasteiger charge is -2.43. The molecule has 0 bridgehead atoms. The molecule has 0 unspecified atom stereocenters. The summed E-state index contributed by atoms with van der Waals surface area (Å²) in [6.45, 7) is 11.8. The fourth-order valence-corrected chi connectivity index (χ4v) is 7.90. The van der Waals surface area contributed by atoms with Crippen LogP contribution in [-0.2, 0) is 4.43 Å². The molecule has 0 fully saturated rings. The SMILES string of the molecule is CCCNCCO[Si](c1ccccc1)(c1ccccc1)C(C)(C)C. The van der Waals surface area contributed by atoms with Crippen LogP contribution in [0.25, 0.3) is 0 Å². The van der Waals surface area contributed by atoms with Crippen molar-refractivity contribution in [3.63, 3.8) is 0 Å². The highest BCUT2D eigenvalue weighted by molar-refractivity contribution is 6.99. The normalized spacial score (nSPS) is 12.3. The molecule has 1 N–H and O–H groups in total. The second kappa shape index (κ2) is 8.61. The van der Waals surface area contributed by atoms with Crippen LogP contribution in [0.5, 0.6) is 0 Å². The van der Waals surface area contributed by atoms with E-state index in [-0.39, 0.29) is 5.04 Å². The lowest BCUT2D eigenvalue weighted by atomic mass is 10.2. The van der Waals surface area contributed by atoms with Crippen molar-refractivity contribution < 1.29 is 4.43 Å². The summed E-state index contributed by atoms with van der Waals surface area (Å²) in [5.74, 6) is 0. The first kappa shape index (κ1) is 18.9. The van der Waals surface area contributed by atoms with Gasteiger partial charge in [-0.15, -0.1) is 0 Å². The highest BCUT2D eigenvalue weighted by atomic mass is 28.4. The van der Waals surface area contributed by atoms with Gasteiger partial charge in [-0.1, -0.05) is 88.4 Å². The van der Waals surface area contributed by atoms with E-state index in [1.165, 1.54) is 10.4 Å². The van der Waals surface area contributed by atoms with Crippen LogP contribution >= 0.6 is 0 Å². The molecule has 2 aromatic rings. The number of hydrogen-bond donors (Lipinski definition) is 1. The van der Waals surface area contributed by atoms with Crippen LogP contribution in [0.2, 0.25) is 5.04 Å². The third-order valence-electron chi connectivity index (χ3n) is 4.44. The van der Waals surface area contributed by atoms with Crippen molar-refractivity contribution in [1.29, 1.82) is 0 Å². The van der Waals surface area contributed by atoms with Gasteiger partial charge in [-0.2, -0.15) is 0 Å². The maximum Gasteiger partial charge on any atom is 0.261 e. The van der Waals surface area contributed by atoms with Crippen LogP contribution in [0.3, 0.4) is 0 Å². The summed E-state index contributed by atoms with van der Waals surface area (Å²) in [7, 11) is -2.35. The number of nitrogens with one attached hydrogen (secondary N) is 1. The maximum absolute atomic E-state index is 6.79. The summed E-state index contributed by atoms with van der Waals surface area (Å²) < 4.78 is 6.79. The Kier molecular flexibility index (Phi) is 6.78. The van der Waals surface area contributed by atoms with Gasteiger partial charge in [-0.3, -0.25) is 0 Å². The zero-order valence-corrected chi connectivity index (χ0v) is 16.5. The lowest BCUT2D eigenvalue weighted by Crippen LogP contribution is -2.67. The third-order valence-corrected chi connectivity index (χ3v) is 9.48. The minimum atomic E-state index is -2.35. The molecule has 0 aliphatic rings. The van der Waals surface area contributed by atoms with Gasteiger partial charge < -0.3 is 9.74 Å². The number of benzene rings is 2. The number of hydrogen-bond acceptors (Lipinski definition) is 2. The van der Waals surface area contributed by atoms with Crippen molar-refractivity contribution in [1.82, 2.24) is 5.32 Å². The van der Waals surface area contributed by atoms with E-state index < -0.39 is 8.32 Å². The van der Waals surface area contributed by atoms with Crippen LogP contribution in [0.4, 0.5) is 0 Å².